The van der Waals surface area contributed by atoms with Crippen molar-refractivity contribution in [1.82, 2.24) is 0 Å². The molecule has 1 aliphatic rings. The highest BCUT2D eigenvalue weighted by atomic mass is 35.5. The smallest absolute Gasteiger partial charge is 0.345 e. The zero-order valence-electron chi connectivity index (χ0n) is 15.4. The largest absolute Gasteiger partial charge is 0.440 e. The van der Waals surface area contributed by atoms with Gasteiger partial charge < -0.3 is 15.2 Å². The Morgan fingerprint density at radius 3 is 2.57 bits per heavy atom. The number of nitrogens with two attached hydrogens (primary N) is 1. The van der Waals surface area contributed by atoms with E-state index < -0.39 is 11.9 Å². The van der Waals surface area contributed by atoms with E-state index in [1.807, 2.05) is 0 Å². The Balaban J connectivity index is 1.70. The number of carbonyl (C=O) groups is 1. The highest BCUT2D eigenvalue weighted by molar-refractivity contribution is 6.33. The van der Waals surface area contributed by atoms with Gasteiger partial charge in [-0.2, -0.15) is 5.26 Å². The van der Waals surface area contributed by atoms with Crippen LogP contribution in [0.1, 0.15) is 27.4 Å². The third-order valence-electron chi connectivity index (χ3n) is 4.70. The molecule has 0 saturated carbocycles. The van der Waals surface area contributed by atoms with Gasteiger partial charge in [0.1, 0.15) is 29.0 Å². The first-order chi connectivity index (χ1) is 14.5. The van der Waals surface area contributed by atoms with Crippen LogP contribution in [0.15, 0.2) is 78.2 Å². The summed E-state index contributed by atoms with van der Waals surface area (Å²) >= 11 is 6.04. The number of benzene rings is 3. The Morgan fingerprint density at radius 1 is 1.13 bits per heavy atom. The van der Waals surface area contributed by atoms with Crippen molar-refractivity contribution < 1.29 is 18.7 Å². The first-order valence-corrected chi connectivity index (χ1v) is 9.29. The minimum atomic E-state index is -0.618. The molecule has 0 aliphatic carbocycles. The van der Waals surface area contributed by atoms with Crippen molar-refractivity contribution in [3.05, 3.63) is 106 Å². The van der Waals surface area contributed by atoms with Crippen LogP contribution in [0.3, 0.4) is 0 Å². The number of carbonyl (C=O) groups excluding carboxylic acids is 1. The fourth-order valence-electron chi connectivity index (χ4n) is 3.29. The van der Waals surface area contributed by atoms with Crippen LogP contribution in [0.2, 0.25) is 5.02 Å². The summed E-state index contributed by atoms with van der Waals surface area (Å²) in [4.78, 5) is 12.4. The minimum absolute atomic E-state index is 0.0612. The summed E-state index contributed by atoms with van der Waals surface area (Å²) in [7, 11) is 0. The summed E-state index contributed by atoms with van der Waals surface area (Å²) in [6.07, 6.45) is 0. The molecule has 1 aliphatic heterocycles. The Bertz CT molecular complexity index is 1220. The summed E-state index contributed by atoms with van der Waals surface area (Å²) in [5.41, 5.74) is 7.73. The molecule has 0 saturated heterocycles. The minimum Gasteiger partial charge on any atom is -0.440 e. The predicted octanol–water partition coefficient (Wildman–Crippen LogP) is 4.92. The second-order valence-corrected chi connectivity index (χ2v) is 6.95. The van der Waals surface area contributed by atoms with E-state index in [1.165, 1.54) is 18.2 Å². The van der Waals surface area contributed by atoms with Crippen LogP contribution in [0.4, 0.5) is 4.39 Å². The van der Waals surface area contributed by atoms with Gasteiger partial charge in [-0.15, -0.1) is 0 Å². The second-order valence-electron chi connectivity index (χ2n) is 6.55. The predicted molar refractivity (Wildman–Crippen MR) is 109 cm³/mol. The second kappa shape index (κ2) is 7.90. The topological polar surface area (TPSA) is 85.3 Å². The van der Waals surface area contributed by atoms with Crippen molar-refractivity contribution in [2.75, 3.05) is 0 Å². The molecule has 148 valence electrons. The van der Waals surface area contributed by atoms with E-state index in [0.717, 1.165) is 0 Å². The normalized spacial score (nSPS) is 15.0. The molecule has 0 bridgehead atoms. The molecule has 0 radical (unpaired) electrons. The molecule has 7 heteroatoms. The van der Waals surface area contributed by atoms with Crippen LogP contribution < -0.4 is 15.2 Å². The van der Waals surface area contributed by atoms with Crippen LogP contribution in [-0.2, 0) is 0 Å². The van der Waals surface area contributed by atoms with Gasteiger partial charge >= 0.3 is 5.97 Å². The molecule has 30 heavy (non-hydrogen) atoms. The lowest BCUT2D eigenvalue weighted by molar-refractivity contribution is 0.0734. The number of allylic oxidation sites excluding steroid dienone is 1. The van der Waals surface area contributed by atoms with Crippen molar-refractivity contribution in [3.63, 3.8) is 0 Å². The lowest BCUT2D eigenvalue weighted by Crippen LogP contribution is -2.21. The maximum absolute atomic E-state index is 13.4. The van der Waals surface area contributed by atoms with Gasteiger partial charge in [0, 0.05) is 11.6 Å². The van der Waals surface area contributed by atoms with Gasteiger partial charge in [-0.1, -0.05) is 41.9 Å². The van der Waals surface area contributed by atoms with Gasteiger partial charge in [0.25, 0.3) is 0 Å². The number of hydrogen-bond donors (Lipinski definition) is 1. The molecule has 1 unspecified atom stereocenters. The van der Waals surface area contributed by atoms with E-state index in [2.05, 4.69) is 6.07 Å². The van der Waals surface area contributed by atoms with Crippen molar-refractivity contribution in [2.24, 2.45) is 5.73 Å². The van der Waals surface area contributed by atoms with Gasteiger partial charge in [-0.05, 0) is 35.9 Å². The monoisotopic (exact) mass is 420 g/mol. The molecular formula is C23H14ClFN2O3. The van der Waals surface area contributed by atoms with E-state index in [0.29, 0.717) is 16.9 Å². The molecule has 4 rings (SSSR count). The summed E-state index contributed by atoms with van der Waals surface area (Å²) < 4.78 is 24.4. The number of rotatable bonds is 3. The fourth-order valence-corrected chi connectivity index (χ4v) is 3.50. The van der Waals surface area contributed by atoms with Gasteiger partial charge in [0.2, 0.25) is 5.88 Å². The highest BCUT2D eigenvalue weighted by Crippen LogP contribution is 2.43. The molecule has 0 aromatic heterocycles. The molecule has 1 atom stereocenters. The van der Waals surface area contributed by atoms with Crippen molar-refractivity contribution in [2.45, 2.75) is 5.92 Å². The molecule has 1 heterocycles. The van der Waals surface area contributed by atoms with Crippen molar-refractivity contribution in [3.8, 4) is 17.6 Å². The number of nitrogens with zero attached hydrogens (tertiary/aromatic N) is 1. The molecule has 5 nitrogen and oxygen atoms in total. The molecule has 3 aromatic carbocycles. The van der Waals surface area contributed by atoms with Gasteiger partial charge in [-0.3, -0.25) is 0 Å². The molecule has 0 fully saturated rings. The first kappa shape index (κ1) is 19.5. The van der Waals surface area contributed by atoms with Gasteiger partial charge in [0.15, 0.2) is 0 Å². The van der Waals surface area contributed by atoms with E-state index in [4.69, 9.17) is 26.8 Å². The van der Waals surface area contributed by atoms with E-state index in [9.17, 15) is 14.4 Å². The fraction of sp³-hybridized carbons (Fsp3) is 0.0435. The van der Waals surface area contributed by atoms with Crippen LogP contribution in [0, 0.1) is 17.1 Å². The van der Waals surface area contributed by atoms with Crippen LogP contribution in [-0.4, -0.2) is 5.97 Å². The first-order valence-electron chi connectivity index (χ1n) is 8.91. The Hall–Kier alpha value is -3.82. The number of hydrogen-bond acceptors (Lipinski definition) is 5. The van der Waals surface area contributed by atoms with Crippen molar-refractivity contribution >= 4 is 17.6 Å². The maximum Gasteiger partial charge on any atom is 0.345 e. The van der Waals surface area contributed by atoms with Gasteiger partial charge in [-0.25, -0.2) is 9.18 Å². The highest BCUT2D eigenvalue weighted by Gasteiger charge is 2.31. The Kier molecular flexibility index (Phi) is 5.13. The standard InChI is InChI=1S/C23H14ClFN2O3/c24-19-4-2-1-3-16(19)23(28)29-15-9-10-17-20(11-15)30-22(27)18(12-26)21(17)13-5-7-14(25)8-6-13/h1-11,21H,27H2. The average molecular weight is 421 g/mol. The number of halogens is 2. The summed E-state index contributed by atoms with van der Waals surface area (Å²) in [6, 6.07) is 19.2. The number of ether oxygens (including phenoxy) is 2. The van der Waals surface area contributed by atoms with Crippen molar-refractivity contribution in [1.29, 1.82) is 5.26 Å². The number of esters is 1. The zero-order valence-corrected chi connectivity index (χ0v) is 16.2. The average Bonchev–Trinajstić information content (AvgIpc) is 2.73. The Labute approximate surface area is 176 Å². The zero-order chi connectivity index (χ0) is 21.3. The number of nitriles is 1. The third-order valence-corrected chi connectivity index (χ3v) is 5.03. The summed E-state index contributed by atoms with van der Waals surface area (Å²) in [5, 5.41) is 9.85. The molecule has 0 amide bonds. The lowest BCUT2D eigenvalue weighted by Gasteiger charge is -2.26. The van der Waals surface area contributed by atoms with Crippen LogP contribution in [0.5, 0.6) is 11.5 Å². The SMILES string of the molecule is N#CC1=C(N)Oc2cc(OC(=O)c3ccccc3Cl)ccc2C1c1ccc(F)cc1. The summed E-state index contributed by atoms with van der Waals surface area (Å²) in [6.45, 7) is 0. The van der Waals surface area contributed by atoms with Gasteiger partial charge in [0.05, 0.1) is 16.5 Å². The van der Waals surface area contributed by atoms with Crippen LogP contribution in [0.25, 0.3) is 0 Å². The molecular weight excluding hydrogens is 407 g/mol. The van der Waals surface area contributed by atoms with E-state index in [-0.39, 0.29) is 33.6 Å². The van der Waals surface area contributed by atoms with Crippen LogP contribution >= 0.6 is 11.6 Å². The summed E-state index contributed by atoms with van der Waals surface area (Å²) in [5.74, 6) is -1.03. The number of fused-ring (bicyclic) bond motifs is 1. The third kappa shape index (κ3) is 3.59. The molecule has 0 spiro atoms. The van der Waals surface area contributed by atoms with E-state index >= 15 is 0 Å². The quantitative estimate of drug-likeness (QED) is 0.480. The maximum atomic E-state index is 13.4. The van der Waals surface area contributed by atoms with E-state index in [1.54, 1.807) is 48.5 Å². The lowest BCUT2D eigenvalue weighted by atomic mass is 9.83. The molecule has 3 aromatic rings. The Morgan fingerprint density at radius 2 is 1.87 bits per heavy atom. The molecule has 2 N–H and O–H groups in total.